The molecule has 21 heavy (non-hydrogen) atoms. The van der Waals surface area contributed by atoms with E-state index in [0.717, 1.165) is 4.47 Å². The summed E-state index contributed by atoms with van der Waals surface area (Å²) in [6, 6.07) is 8.11. The van der Waals surface area contributed by atoms with Crippen LogP contribution in [0.25, 0.3) is 0 Å². The van der Waals surface area contributed by atoms with Crippen molar-refractivity contribution >= 4 is 43.5 Å². The average molecular weight is 417 g/mol. The van der Waals surface area contributed by atoms with Gasteiger partial charge in [0, 0.05) is 10.5 Å². The number of carbonyl (C=O) groups is 1. The van der Waals surface area contributed by atoms with Gasteiger partial charge in [-0.15, -0.1) is 0 Å². The van der Waals surface area contributed by atoms with Crippen molar-refractivity contribution in [3.8, 4) is 5.75 Å². The Morgan fingerprint density at radius 3 is 2.62 bits per heavy atom. The normalized spacial score (nSPS) is 10.3. The zero-order chi connectivity index (χ0) is 15.6. The zero-order valence-electron chi connectivity index (χ0n) is 11.3. The van der Waals surface area contributed by atoms with E-state index in [1.807, 2.05) is 0 Å². The standard InChI is InChI=1S/C15H12Br2FNO2/c1-8-4-3-5-9(14(8)18)15(20)19-12-7-13(21-2)11(17)6-10(12)16/h3-7H,1-2H3,(H,19,20). The molecular weight excluding hydrogens is 405 g/mol. The number of ether oxygens (including phenoxy) is 1. The number of nitrogens with one attached hydrogen (secondary N) is 1. The van der Waals surface area contributed by atoms with Crippen molar-refractivity contribution in [2.24, 2.45) is 0 Å². The second-order valence-electron chi connectivity index (χ2n) is 4.36. The lowest BCUT2D eigenvalue weighted by Crippen LogP contribution is -2.14. The van der Waals surface area contributed by atoms with E-state index in [1.54, 1.807) is 31.2 Å². The van der Waals surface area contributed by atoms with Crippen LogP contribution in [0.5, 0.6) is 5.75 Å². The first-order valence-corrected chi connectivity index (χ1v) is 7.62. The molecule has 0 aliphatic heterocycles. The van der Waals surface area contributed by atoms with Crippen molar-refractivity contribution < 1.29 is 13.9 Å². The second-order valence-corrected chi connectivity index (χ2v) is 6.07. The Morgan fingerprint density at radius 1 is 1.24 bits per heavy atom. The summed E-state index contributed by atoms with van der Waals surface area (Å²) in [6.45, 7) is 1.62. The fourth-order valence-electron chi connectivity index (χ4n) is 1.79. The molecule has 3 nitrogen and oxygen atoms in total. The first kappa shape index (κ1) is 16.0. The number of anilines is 1. The van der Waals surface area contributed by atoms with Gasteiger partial charge in [-0.25, -0.2) is 4.39 Å². The summed E-state index contributed by atoms with van der Waals surface area (Å²) < 4.78 is 20.5. The van der Waals surface area contributed by atoms with Gasteiger partial charge >= 0.3 is 0 Å². The summed E-state index contributed by atoms with van der Waals surface area (Å²) in [4.78, 5) is 12.2. The molecule has 1 N–H and O–H groups in total. The maximum atomic E-state index is 14.0. The first-order valence-electron chi connectivity index (χ1n) is 6.03. The van der Waals surface area contributed by atoms with Crippen LogP contribution >= 0.6 is 31.9 Å². The molecule has 0 atom stereocenters. The molecule has 2 aromatic carbocycles. The predicted molar refractivity (Wildman–Crippen MR) is 87.5 cm³/mol. The summed E-state index contributed by atoms with van der Waals surface area (Å²) in [5.41, 5.74) is 0.930. The third-order valence-corrected chi connectivity index (χ3v) is 4.20. The molecule has 2 rings (SSSR count). The molecular formula is C15H12Br2FNO2. The molecule has 0 heterocycles. The van der Waals surface area contributed by atoms with Crippen molar-refractivity contribution in [1.29, 1.82) is 0 Å². The summed E-state index contributed by atoms with van der Waals surface area (Å²) in [7, 11) is 1.53. The molecule has 0 radical (unpaired) electrons. The van der Waals surface area contributed by atoms with Gasteiger partial charge in [0.25, 0.3) is 5.91 Å². The van der Waals surface area contributed by atoms with Crippen molar-refractivity contribution in [1.82, 2.24) is 0 Å². The van der Waals surface area contributed by atoms with Crippen LogP contribution in [-0.2, 0) is 0 Å². The fourth-order valence-corrected chi connectivity index (χ4v) is 3.05. The highest BCUT2D eigenvalue weighted by molar-refractivity contribution is 9.11. The van der Waals surface area contributed by atoms with Gasteiger partial charge in [-0.2, -0.15) is 0 Å². The highest BCUT2D eigenvalue weighted by Gasteiger charge is 2.15. The van der Waals surface area contributed by atoms with Crippen LogP contribution in [0.2, 0.25) is 0 Å². The van der Waals surface area contributed by atoms with Crippen LogP contribution in [0.4, 0.5) is 10.1 Å². The van der Waals surface area contributed by atoms with Crippen LogP contribution in [0.1, 0.15) is 15.9 Å². The minimum atomic E-state index is -0.518. The van der Waals surface area contributed by atoms with Gasteiger partial charge in [0.2, 0.25) is 0 Å². The fraction of sp³-hybridized carbons (Fsp3) is 0.133. The second kappa shape index (κ2) is 6.58. The van der Waals surface area contributed by atoms with Gasteiger partial charge in [0.05, 0.1) is 22.8 Å². The lowest BCUT2D eigenvalue weighted by Gasteiger charge is -2.12. The molecule has 2 aromatic rings. The minimum absolute atomic E-state index is 0.00351. The highest BCUT2D eigenvalue weighted by atomic mass is 79.9. The summed E-state index contributed by atoms with van der Waals surface area (Å²) in [6.07, 6.45) is 0. The first-order chi connectivity index (χ1) is 9.93. The number of benzene rings is 2. The van der Waals surface area contributed by atoms with Crippen LogP contribution in [-0.4, -0.2) is 13.0 Å². The number of amides is 1. The van der Waals surface area contributed by atoms with E-state index in [2.05, 4.69) is 37.2 Å². The number of hydrogen-bond donors (Lipinski definition) is 1. The van der Waals surface area contributed by atoms with E-state index in [9.17, 15) is 9.18 Å². The maximum absolute atomic E-state index is 14.0. The Bertz CT molecular complexity index is 704. The van der Waals surface area contributed by atoms with E-state index in [4.69, 9.17) is 4.74 Å². The Balaban J connectivity index is 2.34. The number of hydrogen-bond acceptors (Lipinski definition) is 2. The zero-order valence-corrected chi connectivity index (χ0v) is 14.5. The maximum Gasteiger partial charge on any atom is 0.258 e. The largest absolute Gasteiger partial charge is 0.495 e. The van der Waals surface area contributed by atoms with Crippen LogP contribution in [0.15, 0.2) is 39.3 Å². The Kier molecular flexibility index (Phi) is 5.00. The monoisotopic (exact) mass is 415 g/mol. The molecule has 110 valence electrons. The van der Waals surface area contributed by atoms with Crippen LogP contribution in [0.3, 0.4) is 0 Å². The molecule has 0 aromatic heterocycles. The lowest BCUT2D eigenvalue weighted by atomic mass is 10.1. The van der Waals surface area contributed by atoms with Crippen LogP contribution in [0, 0.1) is 12.7 Å². The molecule has 0 unspecified atom stereocenters. The number of rotatable bonds is 3. The quantitative estimate of drug-likeness (QED) is 0.771. The van der Waals surface area contributed by atoms with Crippen molar-refractivity contribution in [3.05, 3.63) is 56.2 Å². The number of aryl methyl sites for hydroxylation is 1. The number of halogens is 3. The third-order valence-electron chi connectivity index (χ3n) is 2.93. The van der Waals surface area contributed by atoms with Crippen molar-refractivity contribution in [3.63, 3.8) is 0 Å². The van der Waals surface area contributed by atoms with Crippen molar-refractivity contribution in [2.75, 3.05) is 12.4 Å². The van der Waals surface area contributed by atoms with E-state index >= 15 is 0 Å². The number of carbonyl (C=O) groups excluding carboxylic acids is 1. The molecule has 0 saturated heterocycles. The van der Waals surface area contributed by atoms with Gasteiger partial charge in [-0.1, -0.05) is 12.1 Å². The molecule has 0 bridgehead atoms. The molecule has 1 amide bonds. The van der Waals surface area contributed by atoms with Gasteiger partial charge in [0.15, 0.2) is 0 Å². The Morgan fingerprint density at radius 2 is 1.95 bits per heavy atom. The Hall–Kier alpha value is -1.40. The lowest BCUT2D eigenvalue weighted by molar-refractivity contribution is 0.102. The van der Waals surface area contributed by atoms with Gasteiger partial charge in [-0.05, 0) is 56.5 Å². The van der Waals surface area contributed by atoms with E-state index in [0.29, 0.717) is 21.5 Å². The summed E-state index contributed by atoms with van der Waals surface area (Å²) >= 11 is 6.70. The summed E-state index contributed by atoms with van der Waals surface area (Å²) in [5.74, 6) is -0.463. The molecule has 0 aliphatic carbocycles. The molecule has 0 saturated carbocycles. The van der Waals surface area contributed by atoms with Gasteiger partial charge in [0.1, 0.15) is 11.6 Å². The molecule has 0 spiro atoms. The smallest absolute Gasteiger partial charge is 0.258 e. The average Bonchev–Trinajstić information content (AvgIpc) is 2.44. The Labute approximate surface area is 138 Å². The topological polar surface area (TPSA) is 38.3 Å². The molecule has 0 fully saturated rings. The van der Waals surface area contributed by atoms with Crippen molar-refractivity contribution in [2.45, 2.75) is 6.92 Å². The minimum Gasteiger partial charge on any atom is -0.495 e. The highest BCUT2D eigenvalue weighted by Crippen LogP contribution is 2.34. The van der Waals surface area contributed by atoms with Crippen LogP contribution < -0.4 is 10.1 Å². The summed E-state index contributed by atoms with van der Waals surface area (Å²) in [5, 5.41) is 2.67. The SMILES string of the molecule is COc1cc(NC(=O)c2cccc(C)c2F)c(Br)cc1Br. The van der Waals surface area contributed by atoms with E-state index < -0.39 is 11.7 Å². The van der Waals surface area contributed by atoms with Gasteiger partial charge in [-0.3, -0.25) is 4.79 Å². The third kappa shape index (κ3) is 3.44. The van der Waals surface area contributed by atoms with E-state index in [-0.39, 0.29) is 5.56 Å². The van der Waals surface area contributed by atoms with E-state index in [1.165, 1.54) is 13.2 Å². The predicted octanol–water partition coefficient (Wildman–Crippen LogP) is 4.92. The molecule has 6 heteroatoms. The number of methoxy groups -OCH3 is 1. The molecule has 0 aliphatic rings. The van der Waals surface area contributed by atoms with Gasteiger partial charge < -0.3 is 10.1 Å².